The zero-order chi connectivity index (χ0) is 14.1. The van der Waals surface area contributed by atoms with Crippen LogP contribution in [0.15, 0.2) is 5.38 Å². The van der Waals surface area contributed by atoms with Gasteiger partial charge in [0.1, 0.15) is 5.01 Å². The second-order valence-electron chi connectivity index (χ2n) is 5.73. The minimum atomic E-state index is 0.208. The van der Waals surface area contributed by atoms with Crippen LogP contribution >= 0.6 is 22.9 Å². The van der Waals surface area contributed by atoms with Crippen molar-refractivity contribution >= 4 is 28.8 Å². The smallest absolute Gasteiger partial charge is 0.229 e. The summed E-state index contributed by atoms with van der Waals surface area (Å²) in [6.45, 7) is 5.25. The molecule has 0 radical (unpaired) electrons. The van der Waals surface area contributed by atoms with E-state index in [-0.39, 0.29) is 5.91 Å². The number of nitrogens with zero attached hydrogens (tertiary/aromatic N) is 3. The zero-order valence-electron chi connectivity index (χ0n) is 11.7. The molecule has 3 heterocycles. The minimum Gasteiger partial charge on any atom is -0.337 e. The Kier molecular flexibility index (Phi) is 4.29. The molecule has 3 rings (SSSR count). The number of halogens is 1. The van der Waals surface area contributed by atoms with Gasteiger partial charge in [0.05, 0.1) is 18.0 Å². The maximum atomic E-state index is 12.5. The third kappa shape index (κ3) is 2.85. The van der Waals surface area contributed by atoms with Gasteiger partial charge in [0, 0.05) is 30.6 Å². The van der Waals surface area contributed by atoms with Gasteiger partial charge in [-0.25, -0.2) is 4.98 Å². The summed E-state index contributed by atoms with van der Waals surface area (Å²) in [6.07, 6.45) is 2.91. The Morgan fingerprint density at radius 2 is 2.40 bits per heavy atom. The molecule has 0 aromatic carbocycles. The minimum absolute atomic E-state index is 0.208. The molecule has 4 nitrogen and oxygen atoms in total. The number of aromatic nitrogens is 1. The van der Waals surface area contributed by atoms with Gasteiger partial charge in [-0.3, -0.25) is 9.69 Å². The lowest BCUT2D eigenvalue weighted by atomic mass is 10.1. The van der Waals surface area contributed by atoms with E-state index in [9.17, 15) is 4.79 Å². The lowest BCUT2D eigenvalue weighted by Crippen LogP contribution is -2.57. The van der Waals surface area contributed by atoms with Gasteiger partial charge in [-0.15, -0.1) is 22.9 Å². The molecule has 0 saturated carbocycles. The van der Waals surface area contributed by atoms with E-state index in [4.69, 9.17) is 11.6 Å². The van der Waals surface area contributed by atoms with Gasteiger partial charge in [-0.05, 0) is 26.3 Å². The first-order chi connectivity index (χ1) is 9.67. The normalized spacial score (nSPS) is 26.8. The predicted octanol–water partition coefficient (Wildman–Crippen LogP) is 2.12. The summed E-state index contributed by atoms with van der Waals surface area (Å²) in [7, 11) is 0. The number of rotatable bonds is 3. The fraction of sp³-hybridized carbons (Fsp3) is 0.714. The predicted molar refractivity (Wildman–Crippen MR) is 81.1 cm³/mol. The highest BCUT2D eigenvalue weighted by Gasteiger charge is 2.36. The maximum absolute atomic E-state index is 12.5. The molecule has 1 aromatic rings. The Bertz CT molecular complexity index is 493. The van der Waals surface area contributed by atoms with Gasteiger partial charge in [0.15, 0.2) is 0 Å². The molecule has 0 bridgehead atoms. The van der Waals surface area contributed by atoms with Crippen LogP contribution in [0.5, 0.6) is 0 Å². The van der Waals surface area contributed by atoms with Crippen molar-refractivity contribution in [3.05, 3.63) is 16.1 Å². The highest BCUT2D eigenvalue weighted by atomic mass is 35.5. The van der Waals surface area contributed by atoms with Crippen molar-refractivity contribution in [3.8, 4) is 0 Å². The molecule has 6 heteroatoms. The first-order valence-electron chi connectivity index (χ1n) is 7.20. The standard InChI is InChI=1S/C14H20ClN3OS/c1-10-7-17-4-2-3-12(17)8-18(10)14(19)5-13-16-11(6-15)9-20-13/h9-10,12H,2-8H2,1H3. The van der Waals surface area contributed by atoms with Crippen LogP contribution in [-0.2, 0) is 17.1 Å². The molecular weight excluding hydrogens is 294 g/mol. The van der Waals surface area contributed by atoms with Gasteiger partial charge in [-0.2, -0.15) is 0 Å². The zero-order valence-corrected chi connectivity index (χ0v) is 13.3. The lowest BCUT2D eigenvalue weighted by Gasteiger charge is -2.42. The van der Waals surface area contributed by atoms with Crippen LogP contribution < -0.4 is 0 Å². The summed E-state index contributed by atoms with van der Waals surface area (Å²) in [4.78, 5) is 21.5. The van der Waals surface area contributed by atoms with Crippen molar-refractivity contribution < 1.29 is 4.79 Å². The summed E-state index contributed by atoms with van der Waals surface area (Å²) in [6, 6.07) is 0.883. The second-order valence-corrected chi connectivity index (χ2v) is 6.94. The van der Waals surface area contributed by atoms with Gasteiger partial charge in [0.2, 0.25) is 5.91 Å². The Labute approximate surface area is 128 Å². The van der Waals surface area contributed by atoms with Crippen LogP contribution in [0.1, 0.15) is 30.5 Å². The lowest BCUT2D eigenvalue weighted by molar-refractivity contribution is -0.136. The molecule has 0 N–H and O–H groups in total. The summed E-state index contributed by atoms with van der Waals surface area (Å²) in [5.41, 5.74) is 0.869. The van der Waals surface area contributed by atoms with E-state index < -0.39 is 0 Å². The quantitative estimate of drug-likeness (QED) is 0.802. The molecule has 2 aliphatic heterocycles. The average Bonchev–Trinajstić information content (AvgIpc) is 3.05. The molecule has 110 valence electrons. The number of hydrogen-bond donors (Lipinski definition) is 0. The number of amides is 1. The van der Waals surface area contributed by atoms with E-state index in [0.717, 1.165) is 23.8 Å². The van der Waals surface area contributed by atoms with E-state index in [1.165, 1.54) is 30.7 Å². The van der Waals surface area contributed by atoms with Crippen molar-refractivity contribution in [3.63, 3.8) is 0 Å². The average molecular weight is 314 g/mol. The van der Waals surface area contributed by atoms with E-state index >= 15 is 0 Å². The van der Waals surface area contributed by atoms with Gasteiger partial charge in [0.25, 0.3) is 0 Å². The summed E-state index contributed by atoms with van der Waals surface area (Å²) < 4.78 is 0. The number of thiazole rings is 1. The van der Waals surface area contributed by atoms with E-state index in [1.54, 1.807) is 0 Å². The number of alkyl halides is 1. The van der Waals surface area contributed by atoms with Gasteiger partial charge >= 0.3 is 0 Å². The van der Waals surface area contributed by atoms with Crippen LogP contribution in [0.3, 0.4) is 0 Å². The van der Waals surface area contributed by atoms with Crippen LogP contribution in [0, 0.1) is 0 Å². The highest BCUT2D eigenvalue weighted by Crippen LogP contribution is 2.25. The van der Waals surface area contributed by atoms with Gasteiger partial charge in [-0.1, -0.05) is 0 Å². The maximum Gasteiger partial charge on any atom is 0.229 e. The van der Waals surface area contributed by atoms with Gasteiger partial charge < -0.3 is 4.90 Å². The molecule has 0 spiro atoms. The van der Waals surface area contributed by atoms with Crippen LogP contribution in [0.4, 0.5) is 0 Å². The fourth-order valence-corrected chi connectivity index (χ4v) is 4.27. The van der Waals surface area contributed by atoms with Crippen molar-refractivity contribution in [2.45, 2.75) is 44.1 Å². The van der Waals surface area contributed by atoms with Crippen molar-refractivity contribution in [2.75, 3.05) is 19.6 Å². The monoisotopic (exact) mass is 313 g/mol. The fourth-order valence-electron chi connectivity index (χ4n) is 3.26. The third-order valence-electron chi connectivity index (χ3n) is 4.30. The molecule has 2 atom stereocenters. The number of piperazine rings is 1. The largest absolute Gasteiger partial charge is 0.337 e. The van der Waals surface area contributed by atoms with Crippen LogP contribution in [-0.4, -0.2) is 52.4 Å². The molecule has 2 fully saturated rings. The number of fused-ring (bicyclic) bond motifs is 1. The Balaban J connectivity index is 1.64. The van der Waals surface area contributed by atoms with E-state index in [1.807, 2.05) is 10.3 Å². The van der Waals surface area contributed by atoms with Crippen LogP contribution in [0.25, 0.3) is 0 Å². The molecule has 0 aliphatic carbocycles. The molecule has 1 amide bonds. The van der Waals surface area contributed by atoms with Crippen LogP contribution in [0.2, 0.25) is 0 Å². The Morgan fingerprint density at radius 1 is 1.55 bits per heavy atom. The first-order valence-corrected chi connectivity index (χ1v) is 8.61. The number of hydrogen-bond acceptors (Lipinski definition) is 4. The molecule has 2 aliphatic rings. The first kappa shape index (κ1) is 14.3. The van der Waals surface area contributed by atoms with Crippen molar-refractivity contribution in [2.24, 2.45) is 0 Å². The van der Waals surface area contributed by atoms with Crippen molar-refractivity contribution in [1.29, 1.82) is 0 Å². The topological polar surface area (TPSA) is 36.4 Å². The number of carbonyl (C=O) groups excluding carboxylic acids is 1. The Hall–Kier alpha value is -0.650. The van der Waals surface area contributed by atoms with E-state index in [2.05, 4.69) is 16.8 Å². The van der Waals surface area contributed by atoms with Crippen molar-refractivity contribution in [1.82, 2.24) is 14.8 Å². The molecule has 2 unspecified atom stereocenters. The molecule has 1 aromatic heterocycles. The summed E-state index contributed by atoms with van der Waals surface area (Å²) >= 11 is 7.29. The third-order valence-corrected chi connectivity index (χ3v) is 5.47. The Morgan fingerprint density at radius 3 is 3.15 bits per heavy atom. The summed E-state index contributed by atoms with van der Waals surface area (Å²) in [5, 5.41) is 2.82. The number of carbonyl (C=O) groups is 1. The molecule has 2 saturated heterocycles. The van der Waals surface area contributed by atoms with E-state index in [0.29, 0.717) is 24.4 Å². The second kappa shape index (κ2) is 6.00. The summed E-state index contributed by atoms with van der Waals surface area (Å²) in [5.74, 6) is 0.626. The molecule has 20 heavy (non-hydrogen) atoms. The highest BCUT2D eigenvalue weighted by molar-refractivity contribution is 7.09. The molecular formula is C14H20ClN3OS. The SMILES string of the molecule is CC1CN2CCCC2CN1C(=O)Cc1nc(CCl)cs1.